The second kappa shape index (κ2) is 2.96. The molecule has 7 heavy (non-hydrogen) atoms. The van der Waals surface area contributed by atoms with E-state index in [0.29, 0.717) is 0 Å². The Balaban J connectivity index is 3.63. The van der Waals surface area contributed by atoms with E-state index in [1.807, 2.05) is 0 Å². The summed E-state index contributed by atoms with van der Waals surface area (Å²) < 4.78 is 10.1. The smallest absolute Gasteiger partial charge is 0.193 e. The lowest BCUT2D eigenvalue weighted by Gasteiger charge is -1.70. The lowest BCUT2D eigenvalue weighted by Crippen LogP contribution is -1.82. The molecule has 38 valence electrons. The standard InChI is InChI=1S/C3H4ClNOP/c1-3(2-5)7(4)6/h3H,1H3/q+1. The van der Waals surface area contributed by atoms with Crippen LogP contribution in [0.25, 0.3) is 0 Å². The first kappa shape index (κ1) is 6.88. The van der Waals surface area contributed by atoms with Crippen molar-refractivity contribution >= 4 is 18.4 Å². The molecule has 0 aliphatic rings. The first-order valence-electron chi connectivity index (χ1n) is 1.70. The van der Waals surface area contributed by atoms with Gasteiger partial charge in [0.2, 0.25) is 11.2 Å². The molecule has 0 aromatic heterocycles. The molecule has 2 atom stereocenters. The maximum Gasteiger partial charge on any atom is 0.472 e. The van der Waals surface area contributed by atoms with E-state index >= 15 is 0 Å². The van der Waals surface area contributed by atoms with Gasteiger partial charge in [0.05, 0.1) is 0 Å². The average Bonchev–Trinajstić information content (AvgIpc) is 1.65. The molecular formula is C3H4ClNOP+. The van der Waals surface area contributed by atoms with E-state index < -0.39 is 12.8 Å². The van der Waals surface area contributed by atoms with Gasteiger partial charge in [-0.1, -0.05) is 4.57 Å². The highest BCUT2D eigenvalue weighted by atomic mass is 35.7. The summed E-state index contributed by atoms with van der Waals surface area (Å²) in [5, 5.41) is 7.99. The molecule has 0 spiro atoms. The van der Waals surface area contributed by atoms with Crippen LogP contribution in [0.15, 0.2) is 0 Å². The zero-order valence-corrected chi connectivity index (χ0v) is 5.41. The Labute approximate surface area is 47.7 Å². The number of hydrogen-bond donors (Lipinski definition) is 0. The minimum absolute atomic E-state index is 0.517. The highest BCUT2D eigenvalue weighted by Gasteiger charge is 2.21. The number of hydrogen-bond acceptors (Lipinski definition) is 2. The Morgan fingerprint density at radius 3 is 2.43 bits per heavy atom. The minimum atomic E-state index is -1.80. The largest absolute Gasteiger partial charge is 0.472 e. The van der Waals surface area contributed by atoms with E-state index in [2.05, 4.69) is 0 Å². The molecule has 2 nitrogen and oxygen atoms in total. The summed E-state index contributed by atoms with van der Waals surface area (Å²) in [6, 6.07) is 1.75. The van der Waals surface area contributed by atoms with Crippen LogP contribution in [0, 0.1) is 11.3 Å². The van der Waals surface area contributed by atoms with Gasteiger partial charge in [-0.25, -0.2) is 0 Å². The van der Waals surface area contributed by atoms with Gasteiger partial charge in [0.15, 0.2) is 0 Å². The lowest BCUT2D eigenvalue weighted by molar-refractivity contribution is 0.593. The molecule has 0 fully saturated rings. The second-order valence-corrected chi connectivity index (χ2v) is 3.40. The molecule has 0 saturated carbocycles. The predicted octanol–water partition coefficient (Wildman–Crippen LogP) is 1.88. The molecule has 0 radical (unpaired) electrons. The maximum absolute atomic E-state index is 10.1. The van der Waals surface area contributed by atoms with Crippen LogP contribution in [0.3, 0.4) is 0 Å². The maximum atomic E-state index is 10.1. The van der Waals surface area contributed by atoms with Gasteiger partial charge in [-0.15, -0.1) is 0 Å². The number of halogens is 1. The van der Waals surface area contributed by atoms with E-state index in [1.165, 1.54) is 6.92 Å². The second-order valence-electron chi connectivity index (χ2n) is 1.08. The van der Waals surface area contributed by atoms with Gasteiger partial charge in [0.25, 0.3) is 5.66 Å². The quantitative estimate of drug-likeness (QED) is 0.517. The molecule has 2 unspecified atom stereocenters. The summed E-state index contributed by atoms with van der Waals surface area (Å²) in [5.74, 6) is 0. The zero-order valence-electron chi connectivity index (χ0n) is 3.76. The Bertz CT molecular complexity index is 119. The van der Waals surface area contributed by atoms with Crippen molar-refractivity contribution in [3.05, 3.63) is 0 Å². The molecule has 0 aliphatic heterocycles. The van der Waals surface area contributed by atoms with E-state index in [4.69, 9.17) is 16.5 Å². The molecule has 0 aliphatic carbocycles. The highest BCUT2D eigenvalue weighted by molar-refractivity contribution is 7.74. The molecule has 0 bridgehead atoms. The molecule has 0 saturated heterocycles. The number of nitrogens with zero attached hydrogens (tertiary/aromatic N) is 1. The molecule has 0 aromatic carbocycles. The van der Waals surface area contributed by atoms with Crippen LogP contribution in [-0.2, 0) is 4.57 Å². The van der Waals surface area contributed by atoms with Crippen LogP contribution in [0.1, 0.15) is 6.92 Å². The minimum Gasteiger partial charge on any atom is -0.193 e. The van der Waals surface area contributed by atoms with Crippen LogP contribution in [0.2, 0.25) is 0 Å². The summed E-state index contributed by atoms with van der Waals surface area (Å²) in [6.45, 7) is 1.52. The van der Waals surface area contributed by atoms with E-state index in [1.54, 1.807) is 6.07 Å². The van der Waals surface area contributed by atoms with Crippen molar-refractivity contribution in [3.8, 4) is 6.07 Å². The summed E-state index contributed by atoms with van der Waals surface area (Å²) in [5.41, 5.74) is -0.517. The fourth-order valence-electron chi connectivity index (χ4n) is 0.0454. The fraction of sp³-hybridized carbons (Fsp3) is 0.667. The summed E-state index contributed by atoms with van der Waals surface area (Å²) in [6.07, 6.45) is 0. The van der Waals surface area contributed by atoms with Crippen LogP contribution in [-0.4, -0.2) is 5.66 Å². The van der Waals surface area contributed by atoms with Crippen LogP contribution in [0.5, 0.6) is 0 Å². The van der Waals surface area contributed by atoms with Crippen molar-refractivity contribution in [3.63, 3.8) is 0 Å². The van der Waals surface area contributed by atoms with E-state index in [0.717, 1.165) is 0 Å². The van der Waals surface area contributed by atoms with Crippen LogP contribution in [0.4, 0.5) is 0 Å². The summed E-state index contributed by atoms with van der Waals surface area (Å²) >= 11 is 5.02. The molecule has 0 N–H and O–H groups in total. The lowest BCUT2D eigenvalue weighted by atomic mass is 10.5. The summed E-state index contributed by atoms with van der Waals surface area (Å²) in [4.78, 5) is 0. The highest BCUT2D eigenvalue weighted by Crippen LogP contribution is 2.31. The molecular weight excluding hydrogens is 132 g/mol. The van der Waals surface area contributed by atoms with Crippen molar-refractivity contribution in [2.75, 3.05) is 0 Å². The Kier molecular flexibility index (Phi) is 2.91. The Morgan fingerprint density at radius 1 is 2.00 bits per heavy atom. The molecule has 0 aromatic rings. The zero-order chi connectivity index (χ0) is 5.86. The fourth-order valence-corrected chi connectivity index (χ4v) is 0.267. The van der Waals surface area contributed by atoms with Crippen LogP contribution < -0.4 is 0 Å². The summed E-state index contributed by atoms with van der Waals surface area (Å²) in [7, 11) is -1.80. The predicted molar refractivity (Wildman–Crippen MR) is 28.5 cm³/mol. The Morgan fingerprint density at radius 2 is 2.43 bits per heavy atom. The molecule has 0 rings (SSSR count). The number of rotatable bonds is 1. The first-order valence-corrected chi connectivity index (χ1v) is 3.93. The van der Waals surface area contributed by atoms with Crippen molar-refractivity contribution < 1.29 is 4.57 Å². The monoisotopic (exact) mass is 136 g/mol. The molecule has 4 heteroatoms. The number of nitriles is 1. The third-order valence-electron chi connectivity index (χ3n) is 0.491. The van der Waals surface area contributed by atoms with Gasteiger partial charge in [-0.2, -0.15) is 5.26 Å². The third kappa shape index (κ3) is 2.56. The molecule has 0 heterocycles. The first-order chi connectivity index (χ1) is 3.18. The average molecular weight is 136 g/mol. The van der Waals surface area contributed by atoms with Gasteiger partial charge >= 0.3 is 7.15 Å². The third-order valence-corrected chi connectivity index (χ3v) is 2.09. The van der Waals surface area contributed by atoms with E-state index in [9.17, 15) is 4.57 Å². The van der Waals surface area contributed by atoms with Gasteiger partial charge in [-0.3, -0.25) is 0 Å². The normalized spacial score (nSPS) is 14.7. The molecule has 0 amide bonds. The van der Waals surface area contributed by atoms with Crippen molar-refractivity contribution in [1.82, 2.24) is 0 Å². The topological polar surface area (TPSA) is 40.9 Å². The van der Waals surface area contributed by atoms with Crippen LogP contribution >= 0.6 is 18.4 Å². The van der Waals surface area contributed by atoms with Crippen molar-refractivity contribution in [1.29, 1.82) is 5.26 Å². The van der Waals surface area contributed by atoms with Gasteiger partial charge in [-0.05, 0) is 6.92 Å². The Hall–Kier alpha value is -0.120. The van der Waals surface area contributed by atoms with Crippen molar-refractivity contribution in [2.45, 2.75) is 12.6 Å². The van der Waals surface area contributed by atoms with Gasteiger partial charge in [0, 0.05) is 0 Å². The van der Waals surface area contributed by atoms with Gasteiger partial charge in [0.1, 0.15) is 6.07 Å². The SMILES string of the molecule is CC(C#N)[P+](=O)Cl. The van der Waals surface area contributed by atoms with Gasteiger partial charge < -0.3 is 0 Å². The van der Waals surface area contributed by atoms with Crippen molar-refractivity contribution in [2.24, 2.45) is 0 Å². The van der Waals surface area contributed by atoms with E-state index in [-0.39, 0.29) is 0 Å².